The van der Waals surface area contributed by atoms with Gasteiger partial charge in [0.25, 0.3) is 0 Å². The third-order valence-corrected chi connectivity index (χ3v) is 5.14. The Morgan fingerprint density at radius 3 is 2.89 bits per heavy atom. The van der Waals surface area contributed by atoms with E-state index in [0.29, 0.717) is 32.7 Å². The van der Waals surface area contributed by atoms with Crippen molar-refractivity contribution in [3.05, 3.63) is 47.7 Å². The summed E-state index contributed by atoms with van der Waals surface area (Å²) in [6, 6.07) is 7.51. The number of carbonyl (C=O) groups excluding carboxylic acids is 2. The van der Waals surface area contributed by atoms with E-state index < -0.39 is 0 Å². The van der Waals surface area contributed by atoms with Crippen molar-refractivity contribution < 1.29 is 18.7 Å². The maximum Gasteiger partial charge on any atom is 0.327 e. The topological polar surface area (TPSA) is 75.9 Å². The van der Waals surface area contributed by atoms with Gasteiger partial charge >= 0.3 is 6.03 Å². The molecule has 7 nitrogen and oxygen atoms in total. The number of nitrogens with zero attached hydrogens (tertiary/aromatic N) is 3. The Morgan fingerprint density at radius 1 is 1.26 bits per heavy atom. The lowest BCUT2D eigenvalue weighted by atomic mass is 10.0. The molecule has 142 valence electrons. The fourth-order valence-electron chi connectivity index (χ4n) is 3.71. The number of benzene rings is 1. The Bertz CT molecular complexity index is 860. The number of fused-ring (bicyclic) bond motifs is 1. The molecule has 0 N–H and O–H groups in total. The highest BCUT2D eigenvalue weighted by atomic mass is 16.5. The number of amides is 3. The second kappa shape index (κ2) is 7.06. The number of rotatable bonds is 5. The molecule has 27 heavy (non-hydrogen) atoms. The van der Waals surface area contributed by atoms with Gasteiger partial charge in [-0.1, -0.05) is 32.0 Å². The van der Waals surface area contributed by atoms with Gasteiger partial charge in [-0.05, 0) is 6.07 Å². The van der Waals surface area contributed by atoms with E-state index in [1.54, 1.807) is 4.90 Å². The number of ether oxygens (including phenoxy) is 1. The van der Waals surface area contributed by atoms with Crippen LogP contribution in [0, 0.1) is 0 Å². The van der Waals surface area contributed by atoms with Gasteiger partial charge in [0.2, 0.25) is 5.91 Å². The molecule has 7 heteroatoms. The molecule has 3 amide bonds. The van der Waals surface area contributed by atoms with E-state index in [9.17, 15) is 9.59 Å². The first kappa shape index (κ1) is 17.6. The highest BCUT2D eigenvalue weighted by Gasteiger charge is 2.36. The van der Waals surface area contributed by atoms with Gasteiger partial charge in [0.15, 0.2) is 6.39 Å². The van der Waals surface area contributed by atoms with Gasteiger partial charge in [-0.25, -0.2) is 9.78 Å². The van der Waals surface area contributed by atoms with Crippen molar-refractivity contribution in [1.82, 2.24) is 14.8 Å². The first-order valence-corrected chi connectivity index (χ1v) is 9.28. The summed E-state index contributed by atoms with van der Waals surface area (Å²) in [7, 11) is 0. The third-order valence-electron chi connectivity index (χ3n) is 5.14. The highest BCUT2D eigenvalue weighted by Crippen LogP contribution is 2.34. The van der Waals surface area contributed by atoms with Crippen LogP contribution in [-0.4, -0.2) is 46.4 Å². The zero-order valence-electron chi connectivity index (χ0n) is 15.6. The summed E-state index contributed by atoms with van der Waals surface area (Å²) in [5.41, 5.74) is 1.80. The molecule has 1 unspecified atom stereocenters. The SMILES string of the molecule is CC(C)c1ocnc1CN1CCC(=O)N(CC2COc3ccccc32)C1=O. The van der Waals surface area contributed by atoms with Gasteiger partial charge in [0.05, 0.1) is 13.2 Å². The van der Waals surface area contributed by atoms with Crippen LogP contribution in [0.1, 0.15) is 49.1 Å². The molecule has 2 aliphatic heterocycles. The molecular formula is C20H23N3O4. The molecule has 0 spiro atoms. The largest absolute Gasteiger partial charge is 0.493 e. The third kappa shape index (κ3) is 3.29. The summed E-state index contributed by atoms with van der Waals surface area (Å²) in [5.74, 6) is 1.68. The fourth-order valence-corrected chi connectivity index (χ4v) is 3.71. The minimum absolute atomic E-state index is 0.00678. The molecule has 1 aromatic carbocycles. The first-order chi connectivity index (χ1) is 13.0. The fraction of sp³-hybridized carbons (Fsp3) is 0.450. The van der Waals surface area contributed by atoms with Crippen molar-refractivity contribution >= 4 is 11.9 Å². The standard InChI is InChI=1S/C20H23N3O4/c1-13(2)19-16(21-12-27-19)10-22-8-7-18(24)23(20(22)25)9-14-11-26-17-6-4-3-5-15(14)17/h3-6,12-14H,7-11H2,1-2H3. The molecule has 1 saturated heterocycles. The summed E-state index contributed by atoms with van der Waals surface area (Å²) in [5, 5.41) is 0. The van der Waals surface area contributed by atoms with Gasteiger partial charge in [-0.2, -0.15) is 0 Å². The number of aromatic nitrogens is 1. The van der Waals surface area contributed by atoms with Gasteiger partial charge in [-0.3, -0.25) is 9.69 Å². The van der Waals surface area contributed by atoms with E-state index in [4.69, 9.17) is 9.15 Å². The van der Waals surface area contributed by atoms with Crippen LogP contribution >= 0.6 is 0 Å². The lowest BCUT2D eigenvalue weighted by Crippen LogP contribution is -2.53. The number of imide groups is 1. The predicted octanol–water partition coefficient (Wildman–Crippen LogP) is 3.13. The number of oxazole rings is 1. The molecule has 1 aromatic heterocycles. The van der Waals surface area contributed by atoms with Crippen LogP contribution in [0.4, 0.5) is 4.79 Å². The monoisotopic (exact) mass is 369 g/mol. The Morgan fingerprint density at radius 2 is 2.07 bits per heavy atom. The summed E-state index contributed by atoms with van der Waals surface area (Å²) in [4.78, 5) is 32.7. The molecule has 0 aliphatic carbocycles. The molecule has 2 aromatic rings. The lowest BCUT2D eigenvalue weighted by molar-refractivity contribution is -0.131. The second-order valence-electron chi connectivity index (χ2n) is 7.32. The quantitative estimate of drug-likeness (QED) is 0.809. The smallest absolute Gasteiger partial charge is 0.327 e. The zero-order valence-corrected chi connectivity index (χ0v) is 15.6. The van der Waals surface area contributed by atoms with E-state index in [0.717, 1.165) is 22.8 Å². The van der Waals surface area contributed by atoms with Crippen molar-refractivity contribution in [3.8, 4) is 5.75 Å². The van der Waals surface area contributed by atoms with Crippen LogP contribution < -0.4 is 4.74 Å². The average molecular weight is 369 g/mol. The van der Waals surface area contributed by atoms with E-state index in [1.807, 2.05) is 38.1 Å². The van der Waals surface area contributed by atoms with Crippen LogP contribution in [0.3, 0.4) is 0 Å². The van der Waals surface area contributed by atoms with E-state index in [1.165, 1.54) is 11.3 Å². The number of para-hydroxylation sites is 1. The molecular weight excluding hydrogens is 346 g/mol. The van der Waals surface area contributed by atoms with Crippen LogP contribution in [0.5, 0.6) is 5.75 Å². The summed E-state index contributed by atoms with van der Waals surface area (Å²) >= 11 is 0. The van der Waals surface area contributed by atoms with Gasteiger partial charge in [0.1, 0.15) is 17.2 Å². The van der Waals surface area contributed by atoms with Gasteiger partial charge in [0, 0.05) is 36.9 Å². The Balaban J connectivity index is 1.49. The van der Waals surface area contributed by atoms with Crippen LogP contribution in [-0.2, 0) is 11.3 Å². The van der Waals surface area contributed by atoms with Crippen molar-refractivity contribution in [2.75, 3.05) is 19.7 Å². The predicted molar refractivity (Wildman–Crippen MR) is 97.4 cm³/mol. The molecule has 0 radical (unpaired) electrons. The van der Waals surface area contributed by atoms with Crippen molar-refractivity contribution in [1.29, 1.82) is 0 Å². The molecule has 3 heterocycles. The molecule has 1 atom stereocenters. The number of hydrogen-bond acceptors (Lipinski definition) is 5. The van der Waals surface area contributed by atoms with Gasteiger partial charge < -0.3 is 14.1 Å². The van der Waals surface area contributed by atoms with Crippen LogP contribution in [0.2, 0.25) is 0 Å². The van der Waals surface area contributed by atoms with Gasteiger partial charge in [-0.15, -0.1) is 0 Å². The van der Waals surface area contributed by atoms with Crippen molar-refractivity contribution in [2.45, 2.75) is 38.6 Å². The summed E-state index contributed by atoms with van der Waals surface area (Å²) < 4.78 is 11.1. The molecule has 0 bridgehead atoms. The minimum atomic E-state index is -0.270. The molecule has 0 saturated carbocycles. The second-order valence-corrected chi connectivity index (χ2v) is 7.32. The van der Waals surface area contributed by atoms with Crippen molar-refractivity contribution in [2.24, 2.45) is 0 Å². The van der Waals surface area contributed by atoms with Crippen LogP contribution in [0.15, 0.2) is 35.1 Å². The maximum atomic E-state index is 13.0. The Kier molecular flexibility index (Phi) is 4.59. The number of hydrogen-bond donors (Lipinski definition) is 0. The Labute approximate surface area is 157 Å². The van der Waals surface area contributed by atoms with E-state index in [-0.39, 0.29) is 23.8 Å². The average Bonchev–Trinajstić information content (AvgIpc) is 3.28. The maximum absolute atomic E-state index is 13.0. The number of urea groups is 1. The Hall–Kier alpha value is -2.83. The molecule has 1 fully saturated rings. The normalized spacial score (nSPS) is 19.6. The van der Waals surface area contributed by atoms with Crippen molar-refractivity contribution in [3.63, 3.8) is 0 Å². The molecule has 2 aliphatic rings. The lowest BCUT2D eigenvalue weighted by Gasteiger charge is -2.35. The van der Waals surface area contributed by atoms with E-state index in [2.05, 4.69) is 4.98 Å². The summed E-state index contributed by atoms with van der Waals surface area (Å²) in [6.07, 6.45) is 1.73. The molecule has 4 rings (SSSR count). The zero-order chi connectivity index (χ0) is 19.0. The summed E-state index contributed by atoms with van der Waals surface area (Å²) in [6.45, 7) is 5.61. The number of carbonyl (C=O) groups is 2. The first-order valence-electron chi connectivity index (χ1n) is 9.28. The van der Waals surface area contributed by atoms with Crippen LogP contribution in [0.25, 0.3) is 0 Å². The van der Waals surface area contributed by atoms with E-state index >= 15 is 0 Å². The highest BCUT2D eigenvalue weighted by molar-refractivity contribution is 5.96. The minimum Gasteiger partial charge on any atom is -0.493 e.